The van der Waals surface area contributed by atoms with Gasteiger partial charge in [-0.05, 0) is 25.5 Å². The predicted molar refractivity (Wildman–Crippen MR) is 40.2 cm³/mol. The zero-order chi connectivity index (χ0) is 6.69. The first-order valence-corrected chi connectivity index (χ1v) is 3.73. The van der Waals surface area contributed by atoms with E-state index < -0.39 is 0 Å². The highest BCUT2D eigenvalue weighted by Crippen LogP contribution is 2.11. The molecule has 1 atom stereocenters. The summed E-state index contributed by atoms with van der Waals surface area (Å²) >= 11 is 0. The first kappa shape index (κ1) is 6.66. The van der Waals surface area contributed by atoms with Crippen LogP contribution in [0.1, 0.15) is 20.3 Å². The highest BCUT2D eigenvalue weighted by atomic mass is 15.1. The average Bonchev–Trinajstić information content (AvgIpc) is 1.88. The normalized spacial score (nSPS) is 26.9. The lowest BCUT2D eigenvalue weighted by molar-refractivity contribution is 0.314. The Bertz CT molecular complexity index is 107. The van der Waals surface area contributed by atoms with E-state index >= 15 is 0 Å². The lowest BCUT2D eigenvalue weighted by Gasteiger charge is -2.25. The van der Waals surface area contributed by atoms with Gasteiger partial charge in [0.15, 0.2) is 0 Å². The summed E-state index contributed by atoms with van der Waals surface area (Å²) < 4.78 is 0. The number of hydrogen-bond acceptors (Lipinski definition) is 1. The third kappa shape index (κ3) is 1.74. The van der Waals surface area contributed by atoms with Gasteiger partial charge in [0.25, 0.3) is 0 Å². The molecule has 0 bridgehead atoms. The van der Waals surface area contributed by atoms with E-state index in [2.05, 4.69) is 31.0 Å². The maximum absolute atomic E-state index is 2.36. The van der Waals surface area contributed by atoms with Crippen LogP contribution >= 0.6 is 0 Å². The van der Waals surface area contributed by atoms with E-state index in [-0.39, 0.29) is 0 Å². The Morgan fingerprint density at radius 1 is 1.67 bits per heavy atom. The van der Waals surface area contributed by atoms with E-state index in [4.69, 9.17) is 0 Å². The molecule has 52 valence electrons. The monoisotopic (exact) mass is 125 g/mol. The molecule has 1 heteroatoms. The molecule has 1 aliphatic rings. The Morgan fingerprint density at radius 2 is 2.44 bits per heavy atom. The van der Waals surface area contributed by atoms with E-state index in [1.807, 2.05) is 0 Å². The summed E-state index contributed by atoms with van der Waals surface area (Å²) in [5.74, 6) is 0.856. The number of allylic oxidation sites excluding steroid dienone is 1. The van der Waals surface area contributed by atoms with Crippen LogP contribution in [-0.4, -0.2) is 18.0 Å². The van der Waals surface area contributed by atoms with Gasteiger partial charge in [0.2, 0.25) is 0 Å². The molecule has 0 saturated carbocycles. The molecule has 0 spiro atoms. The van der Waals surface area contributed by atoms with E-state index in [0.717, 1.165) is 12.5 Å². The molecule has 1 unspecified atom stereocenters. The molecule has 0 amide bonds. The molecule has 1 nitrogen and oxygen atoms in total. The van der Waals surface area contributed by atoms with E-state index in [9.17, 15) is 0 Å². The highest BCUT2D eigenvalue weighted by Gasteiger charge is 2.07. The largest absolute Gasteiger partial charge is 0.378 e. The molecular formula is C8H15N. The van der Waals surface area contributed by atoms with Crippen molar-refractivity contribution < 1.29 is 0 Å². The van der Waals surface area contributed by atoms with Crippen molar-refractivity contribution in [2.75, 3.05) is 13.1 Å². The van der Waals surface area contributed by atoms with Crippen LogP contribution < -0.4 is 0 Å². The van der Waals surface area contributed by atoms with Crippen molar-refractivity contribution in [3.05, 3.63) is 12.3 Å². The standard InChI is InChI=1S/C8H15N/c1-3-9-6-4-5-8(2)7-9/h4,6,8H,3,5,7H2,1-2H3. The fourth-order valence-corrected chi connectivity index (χ4v) is 1.21. The molecule has 1 aliphatic heterocycles. The van der Waals surface area contributed by atoms with Crippen LogP contribution in [0, 0.1) is 5.92 Å². The van der Waals surface area contributed by atoms with Crippen molar-refractivity contribution in [1.29, 1.82) is 0 Å². The van der Waals surface area contributed by atoms with E-state index in [1.165, 1.54) is 13.0 Å². The fourth-order valence-electron chi connectivity index (χ4n) is 1.21. The summed E-state index contributed by atoms with van der Waals surface area (Å²) in [6, 6.07) is 0. The SMILES string of the molecule is CCN1C=CCC(C)C1. The first-order chi connectivity index (χ1) is 4.33. The maximum Gasteiger partial charge on any atom is 0.0200 e. The van der Waals surface area contributed by atoms with E-state index in [1.54, 1.807) is 0 Å². The van der Waals surface area contributed by atoms with E-state index in [0.29, 0.717) is 0 Å². The summed E-state index contributed by atoms with van der Waals surface area (Å²) in [4.78, 5) is 2.36. The van der Waals surface area contributed by atoms with Gasteiger partial charge in [-0.1, -0.05) is 13.0 Å². The Morgan fingerprint density at radius 3 is 2.89 bits per heavy atom. The number of rotatable bonds is 1. The van der Waals surface area contributed by atoms with Crippen LogP contribution in [0.2, 0.25) is 0 Å². The van der Waals surface area contributed by atoms with Crippen LogP contribution in [0.25, 0.3) is 0 Å². The molecule has 0 aromatic rings. The van der Waals surface area contributed by atoms with Gasteiger partial charge in [0, 0.05) is 13.1 Å². The van der Waals surface area contributed by atoms with Crippen LogP contribution in [0.5, 0.6) is 0 Å². The molecule has 1 rings (SSSR count). The first-order valence-electron chi connectivity index (χ1n) is 3.73. The van der Waals surface area contributed by atoms with Crippen LogP contribution in [-0.2, 0) is 0 Å². The minimum absolute atomic E-state index is 0.856. The Kier molecular flexibility index (Phi) is 2.15. The molecule has 0 aromatic heterocycles. The number of hydrogen-bond donors (Lipinski definition) is 0. The van der Waals surface area contributed by atoms with Gasteiger partial charge in [-0.15, -0.1) is 0 Å². The molecular weight excluding hydrogens is 110 g/mol. The lowest BCUT2D eigenvalue weighted by Crippen LogP contribution is -2.25. The Labute approximate surface area is 57.4 Å². The van der Waals surface area contributed by atoms with Gasteiger partial charge < -0.3 is 4.90 Å². The van der Waals surface area contributed by atoms with Crippen LogP contribution in [0.3, 0.4) is 0 Å². The molecule has 0 fully saturated rings. The quantitative estimate of drug-likeness (QED) is 0.517. The minimum Gasteiger partial charge on any atom is -0.378 e. The summed E-state index contributed by atoms with van der Waals surface area (Å²) in [6.07, 6.45) is 5.73. The highest BCUT2D eigenvalue weighted by molar-refractivity contribution is 4.89. The predicted octanol–water partition coefficient (Wildman–Crippen LogP) is 1.86. The van der Waals surface area contributed by atoms with Crippen molar-refractivity contribution >= 4 is 0 Å². The van der Waals surface area contributed by atoms with Crippen molar-refractivity contribution in [1.82, 2.24) is 4.90 Å². The third-order valence-electron chi connectivity index (χ3n) is 1.81. The smallest absolute Gasteiger partial charge is 0.0200 e. The zero-order valence-electron chi connectivity index (χ0n) is 6.30. The summed E-state index contributed by atoms with van der Waals surface area (Å²) in [6.45, 7) is 6.89. The molecule has 1 heterocycles. The zero-order valence-corrected chi connectivity index (χ0v) is 6.30. The van der Waals surface area contributed by atoms with Crippen molar-refractivity contribution in [2.24, 2.45) is 5.92 Å². The molecule has 9 heavy (non-hydrogen) atoms. The summed E-state index contributed by atoms with van der Waals surface area (Å²) in [5, 5.41) is 0. The third-order valence-corrected chi connectivity index (χ3v) is 1.81. The molecule has 0 aromatic carbocycles. The fraction of sp³-hybridized carbons (Fsp3) is 0.750. The molecule has 0 aliphatic carbocycles. The average molecular weight is 125 g/mol. The van der Waals surface area contributed by atoms with Gasteiger partial charge >= 0.3 is 0 Å². The second-order valence-electron chi connectivity index (χ2n) is 2.81. The van der Waals surface area contributed by atoms with Gasteiger partial charge in [0.1, 0.15) is 0 Å². The van der Waals surface area contributed by atoms with Gasteiger partial charge in [-0.2, -0.15) is 0 Å². The molecule has 0 saturated heterocycles. The molecule has 0 radical (unpaired) electrons. The Balaban J connectivity index is 2.39. The number of nitrogens with zero attached hydrogens (tertiary/aromatic N) is 1. The van der Waals surface area contributed by atoms with Gasteiger partial charge in [-0.3, -0.25) is 0 Å². The van der Waals surface area contributed by atoms with Crippen LogP contribution in [0.4, 0.5) is 0 Å². The minimum atomic E-state index is 0.856. The van der Waals surface area contributed by atoms with Crippen molar-refractivity contribution in [3.63, 3.8) is 0 Å². The second kappa shape index (κ2) is 2.90. The summed E-state index contributed by atoms with van der Waals surface area (Å²) in [5.41, 5.74) is 0. The Hall–Kier alpha value is -0.460. The second-order valence-corrected chi connectivity index (χ2v) is 2.81. The van der Waals surface area contributed by atoms with Crippen LogP contribution in [0.15, 0.2) is 12.3 Å². The lowest BCUT2D eigenvalue weighted by atomic mass is 10.1. The van der Waals surface area contributed by atoms with Gasteiger partial charge in [0.05, 0.1) is 0 Å². The maximum atomic E-state index is 2.36. The summed E-state index contributed by atoms with van der Waals surface area (Å²) in [7, 11) is 0. The topological polar surface area (TPSA) is 3.24 Å². The van der Waals surface area contributed by atoms with Gasteiger partial charge in [-0.25, -0.2) is 0 Å². The van der Waals surface area contributed by atoms with Crippen molar-refractivity contribution in [2.45, 2.75) is 20.3 Å². The molecule has 0 N–H and O–H groups in total. The van der Waals surface area contributed by atoms with Crippen molar-refractivity contribution in [3.8, 4) is 0 Å².